The molecular formula is C12H24N2O2S. The molecule has 3 N–H and O–H groups in total. The number of hydrogen-bond donors (Lipinski definition) is 2. The molecule has 1 fully saturated rings. The third-order valence-electron chi connectivity index (χ3n) is 3.03. The van der Waals surface area contributed by atoms with Crippen molar-refractivity contribution < 1.29 is 9.53 Å². The fourth-order valence-electron chi connectivity index (χ4n) is 1.63. The lowest BCUT2D eigenvalue weighted by molar-refractivity contribution is -0.124. The molecule has 17 heavy (non-hydrogen) atoms. The summed E-state index contributed by atoms with van der Waals surface area (Å²) in [5.74, 6) is 1.80. The average Bonchev–Trinajstić information content (AvgIpc) is 3.07. The van der Waals surface area contributed by atoms with Gasteiger partial charge >= 0.3 is 0 Å². The molecule has 1 aliphatic rings. The van der Waals surface area contributed by atoms with Crippen molar-refractivity contribution in [2.75, 3.05) is 25.2 Å². The first-order chi connectivity index (χ1) is 8.08. The normalized spacial score (nSPS) is 18.9. The van der Waals surface area contributed by atoms with Crippen LogP contribution in [-0.2, 0) is 9.53 Å². The Balaban J connectivity index is 2.17. The molecule has 5 heteroatoms. The summed E-state index contributed by atoms with van der Waals surface area (Å²) < 4.78 is 4.99. The maximum absolute atomic E-state index is 11.5. The highest BCUT2D eigenvalue weighted by Crippen LogP contribution is 2.25. The lowest BCUT2D eigenvalue weighted by Crippen LogP contribution is -2.54. The number of hydrogen-bond acceptors (Lipinski definition) is 4. The van der Waals surface area contributed by atoms with Crippen molar-refractivity contribution >= 4 is 17.7 Å². The van der Waals surface area contributed by atoms with Crippen molar-refractivity contribution in [2.45, 2.75) is 44.2 Å². The Morgan fingerprint density at radius 3 is 2.76 bits per heavy atom. The summed E-state index contributed by atoms with van der Waals surface area (Å²) in [5, 5.41) is 3.36. The molecule has 1 amide bonds. The zero-order valence-electron chi connectivity index (χ0n) is 10.8. The highest BCUT2D eigenvalue weighted by molar-refractivity contribution is 7.99. The molecule has 0 aromatic rings. The molecule has 1 saturated carbocycles. The summed E-state index contributed by atoms with van der Waals surface area (Å²) in [6.45, 7) is 2.73. The Bertz CT molecular complexity index is 247. The number of thioether (sulfide) groups is 1. The van der Waals surface area contributed by atoms with Crippen LogP contribution in [0, 0.1) is 0 Å². The summed E-state index contributed by atoms with van der Waals surface area (Å²) in [6, 6.07) is 0.506. The summed E-state index contributed by atoms with van der Waals surface area (Å²) in [4.78, 5) is 11.5. The Hall–Kier alpha value is -0.260. The molecule has 0 aliphatic heterocycles. The smallest absolute Gasteiger partial charge is 0.237 e. The van der Waals surface area contributed by atoms with Crippen LogP contribution in [0.5, 0.6) is 0 Å². The van der Waals surface area contributed by atoms with Crippen LogP contribution in [-0.4, -0.2) is 42.7 Å². The predicted octanol–water partition coefficient (Wildman–Crippen LogP) is 1.14. The van der Waals surface area contributed by atoms with Crippen LogP contribution in [0.1, 0.15) is 32.6 Å². The van der Waals surface area contributed by atoms with Gasteiger partial charge in [-0.15, -0.1) is 0 Å². The van der Waals surface area contributed by atoms with Crippen LogP contribution >= 0.6 is 11.8 Å². The lowest BCUT2D eigenvalue weighted by Gasteiger charge is -2.27. The Kier molecular flexibility index (Phi) is 6.30. The molecule has 1 aliphatic carbocycles. The van der Waals surface area contributed by atoms with Gasteiger partial charge in [0.2, 0.25) is 5.91 Å². The number of carbonyl (C=O) groups is 1. The van der Waals surface area contributed by atoms with Crippen molar-refractivity contribution in [1.29, 1.82) is 0 Å². The van der Waals surface area contributed by atoms with Gasteiger partial charge in [-0.3, -0.25) is 4.79 Å². The monoisotopic (exact) mass is 260 g/mol. The van der Waals surface area contributed by atoms with Crippen molar-refractivity contribution in [3.05, 3.63) is 0 Å². The highest BCUT2D eigenvalue weighted by atomic mass is 32.2. The molecule has 4 nitrogen and oxygen atoms in total. The van der Waals surface area contributed by atoms with Crippen molar-refractivity contribution in [1.82, 2.24) is 5.32 Å². The van der Waals surface area contributed by atoms with E-state index in [-0.39, 0.29) is 5.91 Å². The number of nitrogens with one attached hydrogen (secondary N) is 1. The van der Waals surface area contributed by atoms with Gasteiger partial charge in [0.25, 0.3) is 0 Å². The van der Waals surface area contributed by atoms with E-state index < -0.39 is 5.54 Å². The van der Waals surface area contributed by atoms with E-state index in [1.54, 1.807) is 7.11 Å². The van der Waals surface area contributed by atoms with E-state index in [1.165, 1.54) is 12.8 Å². The van der Waals surface area contributed by atoms with E-state index in [2.05, 4.69) is 5.32 Å². The second kappa shape index (κ2) is 7.24. The molecule has 0 aromatic heterocycles. The van der Waals surface area contributed by atoms with Crippen molar-refractivity contribution in [3.8, 4) is 0 Å². The molecule has 100 valence electrons. The third-order valence-corrected chi connectivity index (χ3v) is 4.10. The molecule has 1 rings (SSSR count). The van der Waals surface area contributed by atoms with E-state index >= 15 is 0 Å². The maximum atomic E-state index is 11.5. The molecule has 0 spiro atoms. The highest BCUT2D eigenvalue weighted by Gasteiger charge is 2.36. The van der Waals surface area contributed by atoms with Gasteiger partial charge < -0.3 is 15.8 Å². The zero-order valence-corrected chi connectivity index (χ0v) is 11.6. The lowest BCUT2D eigenvalue weighted by atomic mass is 9.98. The SMILES string of the molecule is COCCCSCCC(C)(NC1CC1)C(N)=O. The summed E-state index contributed by atoms with van der Waals surface area (Å²) in [5.41, 5.74) is 4.95. The molecule has 0 radical (unpaired) electrons. The Morgan fingerprint density at radius 2 is 2.24 bits per heavy atom. The summed E-state index contributed by atoms with van der Waals surface area (Å²) >= 11 is 1.86. The second-order valence-electron chi connectivity index (χ2n) is 4.82. The van der Waals surface area contributed by atoms with Crippen molar-refractivity contribution in [3.63, 3.8) is 0 Å². The van der Waals surface area contributed by atoms with Gasteiger partial charge in [-0.1, -0.05) is 0 Å². The quantitative estimate of drug-likeness (QED) is 0.578. The van der Waals surface area contributed by atoms with Gasteiger partial charge in [-0.2, -0.15) is 11.8 Å². The first-order valence-corrected chi connectivity index (χ1v) is 7.38. The van der Waals surface area contributed by atoms with Gasteiger partial charge in [0, 0.05) is 19.8 Å². The number of nitrogens with two attached hydrogens (primary N) is 1. The maximum Gasteiger partial charge on any atom is 0.237 e. The topological polar surface area (TPSA) is 64.3 Å². The first-order valence-electron chi connectivity index (χ1n) is 6.23. The number of carbonyl (C=O) groups excluding carboxylic acids is 1. The summed E-state index contributed by atoms with van der Waals surface area (Å²) in [7, 11) is 1.72. The van der Waals surface area contributed by atoms with E-state index in [1.807, 2.05) is 18.7 Å². The van der Waals surface area contributed by atoms with Crippen molar-refractivity contribution in [2.24, 2.45) is 5.73 Å². The number of methoxy groups -OCH3 is 1. The predicted molar refractivity (Wildman–Crippen MR) is 72.2 cm³/mol. The van der Waals surface area contributed by atoms with Crippen LogP contribution in [0.3, 0.4) is 0 Å². The standard InChI is InChI=1S/C12H24N2O2S/c1-12(11(13)15,14-10-4-5-10)6-9-17-8-3-7-16-2/h10,14H,3-9H2,1-2H3,(H2,13,15). The molecule has 1 unspecified atom stereocenters. The van der Waals surface area contributed by atoms with Gasteiger partial charge in [-0.05, 0) is 44.1 Å². The molecule has 1 atom stereocenters. The van der Waals surface area contributed by atoms with Crippen LogP contribution in [0.15, 0.2) is 0 Å². The van der Waals surface area contributed by atoms with E-state index in [0.717, 1.165) is 31.0 Å². The molecule has 0 saturated heterocycles. The minimum absolute atomic E-state index is 0.234. The fourth-order valence-corrected chi connectivity index (χ4v) is 2.71. The first kappa shape index (κ1) is 14.8. The van der Waals surface area contributed by atoms with E-state index in [9.17, 15) is 4.79 Å². The van der Waals surface area contributed by atoms with Crippen LogP contribution in [0.25, 0.3) is 0 Å². The largest absolute Gasteiger partial charge is 0.385 e. The summed E-state index contributed by atoms with van der Waals surface area (Å²) in [6.07, 6.45) is 4.20. The number of rotatable bonds is 10. The van der Waals surface area contributed by atoms with Gasteiger partial charge in [0.1, 0.15) is 0 Å². The molecule has 0 bridgehead atoms. The molecular weight excluding hydrogens is 236 g/mol. The number of ether oxygens (including phenoxy) is 1. The van der Waals surface area contributed by atoms with E-state index in [0.29, 0.717) is 6.04 Å². The van der Waals surface area contributed by atoms with Crippen LogP contribution in [0.4, 0.5) is 0 Å². The van der Waals surface area contributed by atoms with E-state index in [4.69, 9.17) is 10.5 Å². The van der Waals surface area contributed by atoms with Crippen LogP contribution in [0.2, 0.25) is 0 Å². The minimum Gasteiger partial charge on any atom is -0.385 e. The molecule has 0 heterocycles. The van der Waals surface area contributed by atoms with Gasteiger partial charge in [-0.25, -0.2) is 0 Å². The molecule has 0 aromatic carbocycles. The third kappa shape index (κ3) is 5.75. The van der Waals surface area contributed by atoms with Crippen LogP contribution < -0.4 is 11.1 Å². The van der Waals surface area contributed by atoms with Gasteiger partial charge in [0.15, 0.2) is 0 Å². The minimum atomic E-state index is -0.532. The second-order valence-corrected chi connectivity index (χ2v) is 6.05. The van der Waals surface area contributed by atoms with Gasteiger partial charge in [0.05, 0.1) is 5.54 Å². The fraction of sp³-hybridized carbons (Fsp3) is 0.917. The Morgan fingerprint density at radius 1 is 1.53 bits per heavy atom. The number of amides is 1. The Labute approximate surface area is 108 Å². The zero-order chi connectivity index (χ0) is 12.7. The average molecular weight is 260 g/mol. The number of primary amides is 1.